The van der Waals surface area contributed by atoms with Crippen LogP contribution in [0.15, 0.2) is 24.3 Å². The van der Waals surface area contributed by atoms with Crippen LogP contribution < -0.4 is 26.2 Å². The predicted molar refractivity (Wildman–Crippen MR) is 90.9 cm³/mol. The van der Waals surface area contributed by atoms with Crippen molar-refractivity contribution in [1.29, 1.82) is 0 Å². The number of rotatable bonds is 3. The molecule has 1 aliphatic carbocycles. The molecule has 2 amide bonds. The van der Waals surface area contributed by atoms with Crippen molar-refractivity contribution in [2.75, 3.05) is 12.4 Å². The summed E-state index contributed by atoms with van der Waals surface area (Å²) in [6.45, 7) is 0. The van der Waals surface area contributed by atoms with Gasteiger partial charge in [-0.1, -0.05) is 19.3 Å². The Morgan fingerprint density at radius 2 is 1.82 bits per heavy atom. The topological polar surface area (TPSA) is 74.4 Å². The van der Waals surface area contributed by atoms with Crippen molar-refractivity contribution in [3.8, 4) is 5.75 Å². The van der Waals surface area contributed by atoms with E-state index in [1.165, 1.54) is 19.3 Å². The number of anilines is 1. The van der Waals surface area contributed by atoms with Crippen molar-refractivity contribution in [3.63, 3.8) is 0 Å². The lowest BCUT2D eigenvalue weighted by atomic mass is 9.96. The molecule has 6 nitrogen and oxygen atoms in total. The molecule has 1 aromatic rings. The molecule has 0 aromatic heterocycles. The number of amides is 2. The Kier molecular flexibility index (Phi) is 6.27. The van der Waals surface area contributed by atoms with Gasteiger partial charge in [0.25, 0.3) is 0 Å². The minimum atomic E-state index is -0.259. The summed E-state index contributed by atoms with van der Waals surface area (Å²) in [6.07, 6.45) is 5.70. The number of benzene rings is 1. The van der Waals surface area contributed by atoms with Gasteiger partial charge in [-0.15, -0.1) is 0 Å². The number of nitrogens with one attached hydrogen (secondary N) is 4. The lowest BCUT2D eigenvalue weighted by molar-refractivity contribution is 0.231. The second-order valence-corrected chi connectivity index (χ2v) is 5.65. The van der Waals surface area contributed by atoms with E-state index in [0.29, 0.717) is 5.11 Å². The molecule has 1 saturated carbocycles. The first-order valence-corrected chi connectivity index (χ1v) is 7.86. The summed E-state index contributed by atoms with van der Waals surface area (Å²) < 4.78 is 5.08. The molecule has 120 valence electrons. The molecule has 4 N–H and O–H groups in total. The van der Waals surface area contributed by atoms with Gasteiger partial charge in [-0.3, -0.25) is 5.43 Å². The predicted octanol–water partition coefficient (Wildman–Crippen LogP) is 2.53. The van der Waals surface area contributed by atoms with Gasteiger partial charge < -0.3 is 15.4 Å². The number of ether oxygens (including phenoxy) is 1. The molecule has 0 aliphatic heterocycles. The minimum absolute atomic E-state index is 0.259. The maximum atomic E-state index is 11.8. The van der Waals surface area contributed by atoms with E-state index < -0.39 is 0 Å². The Morgan fingerprint density at radius 3 is 2.45 bits per heavy atom. The summed E-state index contributed by atoms with van der Waals surface area (Å²) >= 11 is 5.12. The standard InChI is InChI=1S/C15H22N4O2S/c1-21-13-9-7-12(8-10-13)17-15(22)19-18-14(20)16-11-5-3-2-4-6-11/h7-11H,2-6H2,1H3,(H2,16,18,20)(H2,17,19,22). The van der Waals surface area contributed by atoms with Crippen LogP contribution in [0.3, 0.4) is 0 Å². The number of hydrogen-bond donors (Lipinski definition) is 4. The second kappa shape index (κ2) is 8.43. The highest BCUT2D eigenvalue weighted by molar-refractivity contribution is 7.80. The zero-order chi connectivity index (χ0) is 15.8. The highest BCUT2D eigenvalue weighted by atomic mass is 32.1. The third-order valence-corrected chi connectivity index (χ3v) is 3.78. The smallest absolute Gasteiger partial charge is 0.333 e. The van der Waals surface area contributed by atoms with Gasteiger partial charge in [-0.2, -0.15) is 0 Å². The van der Waals surface area contributed by atoms with Crippen molar-refractivity contribution in [3.05, 3.63) is 24.3 Å². The summed E-state index contributed by atoms with van der Waals surface area (Å²) in [4.78, 5) is 11.8. The number of methoxy groups -OCH3 is 1. The maximum Gasteiger partial charge on any atom is 0.333 e. The van der Waals surface area contributed by atoms with Crippen LogP contribution in [0, 0.1) is 0 Å². The Morgan fingerprint density at radius 1 is 1.14 bits per heavy atom. The Bertz CT molecular complexity index is 501. The van der Waals surface area contributed by atoms with Crippen LogP contribution in [0.25, 0.3) is 0 Å². The Balaban J connectivity index is 1.68. The molecular formula is C15H22N4O2S. The van der Waals surface area contributed by atoms with Crippen molar-refractivity contribution in [1.82, 2.24) is 16.2 Å². The summed E-state index contributed by atoms with van der Waals surface area (Å²) in [5.41, 5.74) is 6.03. The summed E-state index contributed by atoms with van der Waals surface area (Å²) in [5, 5.41) is 6.23. The number of urea groups is 1. The quantitative estimate of drug-likeness (QED) is 0.508. The third kappa shape index (κ3) is 5.40. The van der Waals surface area contributed by atoms with E-state index in [0.717, 1.165) is 24.3 Å². The Labute approximate surface area is 136 Å². The van der Waals surface area contributed by atoms with Crippen molar-refractivity contribution in [2.24, 2.45) is 0 Å². The molecule has 1 aliphatic rings. The monoisotopic (exact) mass is 322 g/mol. The van der Waals surface area contributed by atoms with Crippen molar-refractivity contribution >= 4 is 29.0 Å². The lowest BCUT2D eigenvalue weighted by Gasteiger charge is -2.23. The minimum Gasteiger partial charge on any atom is -0.497 e. The first kappa shape index (κ1) is 16.4. The molecule has 2 rings (SSSR count). The van der Waals surface area contributed by atoms with E-state index in [2.05, 4.69) is 21.5 Å². The highest BCUT2D eigenvalue weighted by Gasteiger charge is 2.15. The van der Waals surface area contributed by atoms with E-state index in [-0.39, 0.29) is 12.1 Å². The molecule has 0 spiro atoms. The molecular weight excluding hydrogens is 300 g/mol. The average Bonchev–Trinajstić information content (AvgIpc) is 2.55. The molecule has 1 fully saturated rings. The van der Waals surface area contributed by atoms with Crippen LogP contribution in [0.1, 0.15) is 32.1 Å². The molecule has 0 heterocycles. The molecule has 1 aromatic carbocycles. The van der Waals surface area contributed by atoms with Crippen molar-refractivity contribution < 1.29 is 9.53 Å². The summed E-state index contributed by atoms with van der Waals surface area (Å²) in [7, 11) is 1.61. The fraction of sp³-hybridized carbons (Fsp3) is 0.467. The molecule has 0 radical (unpaired) electrons. The van der Waals surface area contributed by atoms with Gasteiger partial charge in [0, 0.05) is 11.7 Å². The molecule has 0 unspecified atom stereocenters. The average molecular weight is 322 g/mol. The van der Waals surface area contributed by atoms with Gasteiger partial charge in [0.05, 0.1) is 7.11 Å². The fourth-order valence-corrected chi connectivity index (χ4v) is 2.59. The Hall–Kier alpha value is -2.02. The first-order valence-electron chi connectivity index (χ1n) is 7.45. The van der Waals surface area contributed by atoms with Gasteiger partial charge in [-0.25, -0.2) is 10.2 Å². The van der Waals surface area contributed by atoms with Crippen LogP contribution in [-0.4, -0.2) is 24.3 Å². The highest BCUT2D eigenvalue weighted by Crippen LogP contribution is 2.17. The van der Waals surface area contributed by atoms with Gasteiger partial charge in [-0.05, 0) is 49.3 Å². The van der Waals surface area contributed by atoms with Crippen LogP contribution >= 0.6 is 12.2 Å². The number of thiocarbonyl (C=S) groups is 1. The zero-order valence-corrected chi connectivity index (χ0v) is 13.5. The maximum absolute atomic E-state index is 11.8. The SMILES string of the molecule is COc1ccc(NC(=S)NNC(=O)NC2CCCCC2)cc1. The van der Waals surface area contributed by atoms with Gasteiger partial charge in [0.15, 0.2) is 5.11 Å². The lowest BCUT2D eigenvalue weighted by Crippen LogP contribution is -2.51. The molecule has 7 heteroatoms. The van der Waals surface area contributed by atoms with Gasteiger partial charge >= 0.3 is 6.03 Å². The zero-order valence-electron chi connectivity index (χ0n) is 12.6. The second-order valence-electron chi connectivity index (χ2n) is 5.24. The summed E-state index contributed by atoms with van der Waals surface area (Å²) in [6, 6.07) is 7.34. The van der Waals surface area contributed by atoms with Crippen LogP contribution in [0.4, 0.5) is 10.5 Å². The summed E-state index contributed by atoms with van der Waals surface area (Å²) in [5.74, 6) is 0.773. The number of hydrazine groups is 1. The first-order chi connectivity index (χ1) is 10.7. The van der Waals surface area contributed by atoms with Crippen molar-refractivity contribution in [2.45, 2.75) is 38.1 Å². The van der Waals surface area contributed by atoms with Crippen LogP contribution in [-0.2, 0) is 0 Å². The number of hydrogen-bond acceptors (Lipinski definition) is 3. The van der Waals surface area contributed by atoms with Crippen LogP contribution in [0.5, 0.6) is 5.75 Å². The van der Waals surface area contributed by atoms with E-state index >= 15 is 0 Å². The van der Waals surface area contributed by atoms with E-state index in [1.54, 1.807) is 7.11 Å². The van der Waals surface area contributed by atoms with Crippen LogP contribution in [0.2, 0.25) is 0 Å². The molecule has 0 saturated heterocycles. The van der Waals surface area contributed by atoms with Gasteiger partial charge in [0.1, 0.15) is 5.75 Å². The normalized spacial score (nSPS) is 14.8. The molecule has 0 atom stereocenters. The largest absolute Gasteiger partial charge is 0.497 e. The number of carbonyl (C=O) groups is 1. The number of carbonyl (C=O) groups excluding carboxylic acids is 1. The van der Waals surface area contributed by atoms with E-state index in [9.17, 15) is 4.79 Å². The molecule has 22 heavy (non-hydrogen) atoms. The fourth-order valence-electron chi connectivity index (χ4n) is 2.42. The third-order valence-electron chi connectivity index (χ3n) is 3.58. The van der Waals surface area contributed by atoms with E-state index in [1.807, 2.05) is 24.3 Å². The van der Waals surface area contributed by atoms with Gasteiger partial charge in [0.2, 0.25) is 0 Å². The van der Waals surface area contributed by atoms with E-state index in [4.69, 9.17) is 17.0 Å². The molecule has 0 bridgehead atoms.